The van der Waals surface area contributed by atoms with Crippen LogP contribution in [0.15, 0.2) is 46.9 Å². The Morgan fingerprint density at radius 1 is 1.38 bits per heavy atom. The van der Waals surface area contributed by atoms with Crippen LogP contribution in [0.25, 0.3) is 0 Å². The molecule has 2 amide bonds. The molecule has 134 valence electrons. The average Bonchev–Trinajstić information content (AvgIpc) is 3.27. The second kappa shape index (κ2) is 7.44. The van der Waals surface area contributed by atoms with E-state index in [4.69, 9.17) is 0 Å². The van der Waals surface area contributed by atoms with E-state index in [0.717, 1.165) is 16.9 Å². The highest BCUT2D eigenvalue weighted by Gasteiger charge is 2.41. The lowest BCUT2D eigenvalue weighted by Gasteiger charge is -2.15. The van der Waals surface area contributed by atoms with Crippen molar-refractivity contribution < 1.29 is 14.5 Å². The summed E-state index contributed by atoms with van der Waals surface area (Å²) in [6.07, 6.45) is 0. The second-order valence-electron chi connectivity index (χ2n) is 5.84. The number of nitrogens with zero attached hydrogens (tertiary/aromatic N) is 2. The molecule has 0 radical (unpaired) electrons. The van der Waals surface area contributed by atoms with Gasteiger partial charge in [-0.25, -0.2) is 5.43 Å². The van der Waals surface area contributed by atoms with E-state index in [-0.39, 0.29) is 17.5 Å². The predicted molar refractivity (Wildman–Crippen MR) is 97.0 cm³/mol. The SMILES string of the molecule is C/C(=N\NC(=O)C1C(=O)NCC1c1ccccc1)c1cc([N+](=O)[O-])cs1. The third-order valence-electron chi connectivity index (χ3n) is 4.18. The van der Waals surface area contributed by atoms with E-state index in [1.807, 2.05) is 30.3 Å². The molecule has 2 atom stereocenters. The number of nitrogens with one attached hydrogen (secondary N) is 2. The van der Waals surface area contributed by atoms with E-state index in [9.17, 15) is 19.7 Å². The number of carbonyl (C=O) groups excluding carboxylic acids is 2. The van der Waals surface area contributed by atoms with Crippen molar-refractivity contribution in [1.29, 1.82) is 0 Å². The van der Waals surface area contributed by atoms with Crippen LogP contribution in [0.1, 0.15) is 23.3 Å². The molecular formula is C17H16N4O4S. The standard InChI is InChI=1S/C17H16N4O4S/c1-10(14-7-12(9-26-14)21(24)25)19-20-17(23)15-13(8-18-16(15)22)11-5-3-2-4-6-11/h2-7,9,13,15H,8H2,1H3,(H,18,22)(H,20,23)/b19-10+. The quantitative estimate of drug-likeness (QED) is 0.362. The highest BCUT2D eigenvalue weighted by molar-refractivity contribution is 7.12. The van der Waals surface area contributed by atoms with E-state index in [2.05, 4.69) is 15.8 Å². The van der Waals surface area contributed by atoms with Crippen molar-refractivity contribution in [3.8, 4) is 0 Å². The Balaban J connectivity index is 1.73. The molecule has 8 nitrogen and oxygen atoms in total. The van der Waals surface area contributed by atoms with Gasteiger partial charge in [-0.15, -0.1) is 11.3 Å². The maximum absolute atomic E-state index is 12.5. The van der Waals surface area contributed by atoms with Crippen LogP contribution in [-0.2, 0) is 9.59 Å². The number of rotatable bonds is 5. The fourth-order valence-corrected chi connectivity index (χ4v) is 3.62. The molecule has 2 N–H and O–H groups in total. The fourth-order valence-electron chi connectivity index (χ4n) is 2.81. The van der Waals surface area contributed by atoms with Gasteiger partial charge in [0.2, 0.25) is 5.91 Å². The van der Waals surface area contributed by atoms with Crippen molar-refractivity contribution in [2.24, 2.45) is 11.0 Å². The Kier molecular flexibility index (Phi) is 5.08. The average molecular weight is 372 g/mol. The van der Waals surface area contributed by atoms with Gasteiger partial charge in [0.1, 0.15) is 5.92 Å². The topological polar surface area (TPSA) is 114 Å². The predicted octanol–water partition coefficient (Wildman–Crippen LogP) is 2.03. The summed E-state index contributed by atoms with van der Waals surface area (Å²) in [5.41, 5.74) is 3.73. The molecule has 1 aliphatic heterocycles. The van der Waals surface area contributed by atoms with Crippen LogP contribution < -0.4 is 10.7 Å². The van der Waals surface area contributed by atoms with Crippen molar-refractivity contribution in [2.75, 3.05) is 6.54 Å². The molecule has 0 bridgehead atoms. The van der Waals surface area contributed by atoms with Gasteiger partial charge >= 0.3 is 0 Å². The minimum absolute atomic E-state index is 0.0230. The number of amides is 2. The van der Waals surface area contributed by atoms with E-state index in [1.165, 1.54) is 11.4 Å². The lowest BCUT2D eigenvalue weighted by molar-refractivity contribution is -0.384. The van der Waals surface area contributed by atoms with Gasteiger partial charge in [-0.05, 0) is 12.5 Å². The maximum Gasteiger partial charge on any atom is 0.280 e. The molecule has 2 aromatic rings. The maximum atomic E-state index is 12.5. The Hall–Kier alpha value is -3.07. The largest absolute Gasteiger partial charge is 0.355 e. The zero-order chi connectivity index (χ0) is 18.7. The van der Waals surface area contributed by atoms with E-state index >= 15 is 0 Å². The molecule has 0 aliphatic carbocycles. The van der Waals surface area contributed by atoms with E-state index < -0.39 is 16.7 Å². The third kappa shape index (κ3) is 3.62. The summed E-state index contributed by atoms with van der Waals surface area (Å²) in [6, 6.07) is 10.7. The first-order valence-electron chi connectivity index (χ1n) is 7.87. The number of carbonyl (C=O) groups is 2. The van der Waals surface area contributed by atoms with Crippen molar-refractivity contribution in [3.63, 3.8) is 0 Å². The lowest BCUT2D eigenvalue weighted by Crippen LogP contribution is -2.35. The van der Waals surface area contributed by atoms with Crippen LogP contribution in [-0.4, -0.2) is 29.0 Å². The van der Waals surface area contributed by atoms with Gasteiger partial charge in [0.05, 0.1) is 20.9 Å². The smallest absolute Gasteiger partial charge is 0.280 e. The zero-order valence-electron chi connectivity index (χ0n) is 13.8. The Labute approximate surface area is 153 Å². The number of hydrogen-bond acceptors (Lipinski definition) is 6. The molecule has 1 fully saturated rings. The summed E-state index contributed by atoms with van der Waals surface area (Å²) in [5, 5.41) is 18.9. The van der Waals surface area contributed by atoms with Gasteiger partial charge in [0.15, 0.2) is 0 Å². The number of hydrogen-bond donors (Lipinski definition) is 2. The second-order valence-corrected chi connectivity index (χ2v) is 6.75. The van der Waals surface area contributed by atoms with Crippen LogP contribution in [0.5, 0.6) is 0 Å². The first-order valence-corrected chi connectivity index (χ1v) is 8.75. The highest BCUT2D eigenvalue weighted by Crippen LogP contribution is 2.29. The van der Waals surface area contributed by atoms with Gasteiger partial charge in [0.25, 0.3) is 11.6 Å². The van der Waals surface area contributed by atoms with Crippen molar-refractivity contribution in [1.82, 2.24) is 10.7 Å². The van der Waals surface area contributed by atoms with Crippen molar-refractivity contribution >= 4 is 34.6 Å². The third-order valence-corrected chi connectivity index (χ3v) is 5.20. The highest BCUT2D eigenvalue weighted by atomic mass is 32.1. The van der Waals surface area contributed by atoms with Crippen LogP contribution >= 0.6 is 11.3 Å². The Morgan fingerprint density at radius 3 is 2.77 bits per heavy atom. The molecule has 0 saturated carbocycles. The molecular weight excluding hydrogens is 356 g/mol. The van der Waals surface area contributed by atoms with Crippen LogP contribution in [0.4, 0.5) is 5.69 Å². The first kappa shape index (κ1) is 17.7. The van der Waals surface area contributed by atoms with Gasteiger partial charge in [0, 0.05) is 18.5 Å². The summed E-state index contributed by atoms with van der Waals surface area (Å²) in [5.74, 6) is -1.97. The normalized spacial score (nSPS) is 19.9. The van der Waals surface area contributed by atoms with Gasteiger partial charge in [-0.2, -0.15) is 5.10 Å². The van der Waals surface area contributed by atoms with Crippen LogP contribution in [0, 0.1) is 16.0 Å². The first-order chi connectivity index (χ1) is 12.5. The van der Waals surface area contributed by atoms with E-state index in [1.54, 1.807) is 6.92 Å². The molecule has 3 rings (SSSR count). The molecule has 1 aromatic heterocycles. The Morgan fingerprint density at radius 2 is 2.12 bits per heavy atom. The van der Waals surface area contributed by atoms with Gasteiger partial charge in [-0.1, -0.05) is 30.3 Å². The van der Waals surface area contributed by atoms with Crippen molar-refractivity contribution in [2.45, 2.75) is 12.8 Å². The van der Waals surface area contributed by atoms with Crippen LogP contribution in [0.3, 0.4) is 0 Å². The van der Waals surface area contributed by atoms with Gasteiger partial charge < -0.3 is 5.32 Å². The summed E-state index contributed by atoms with van der Waals surface area (Å²) in [7, 11) is 0. The molecule has 1 aromatic carbocycles. The zero-order valence-corrected chi connectivity index (χ0v) is 14.7. The molecule has 2 unspecified atom stereocenters. The summed E-state index contributed by atoms with van der Waals surface area (Å²) in [6.45, 7) is 2.03. The minimum atomic E-state index is -0.869. The van der Waals surface area contributed by atoms with Crippen molar-refractivity contribution in [3.05, 3.63) is 62.3 Å². The summed E-state index contributed by atoms with van der Waals surface area (Å²) >= 11 is 1.16. The molecule has 0 spiro atoms. The molecule has 2 heterocycles. The fraction of sp³-hybridized carbons (Fsp3) is 0.235. The number of thiophene rings is 1. The van der Waals surface area contributed by atoms with Gasteiger partial charge in [-0.3, -0.25) is 19.7 Å². The number of nitro groups is 1. The number of hydrazone groups is 1. The number of benzene rings is 1. The molecule has 1 aliphatic rings. The lowest BCUT2D eigenvalue weighted by atomic mass is 9.88. The molecule has 26 heavy (non-hydrogen) atoms. The van der Waals surface area contributed by atoms with Crippen LogP contribution in [0.2, 0.25) is 0 Å². The monoisotopic (exact) mass is 372 g/mol. The summed E-state index contributed by atoms with van der Waals surface area (Å²) < 4.78 is 0. The summed E-state index contributed by atoms with van der Waals surface area (Å²) in [4.78, 5) is 35.4. The molecule has 1 saturated heterocycles. The Bertz CT molecular complexity index is 878. The minimum Gasteiger partial charge on any atom is -0.355 e. The molecule has 9 heteroatoms. The van der Waals surface area contributed by atoms with E-state index in [0.29, 0.717) is 17.1 Å².